The molecule has 0 aromatic carbocycles. The average Bonchev–Trinajstić information content (AvgIpc) is 2.11. The third-order valence-electron chi connectivity index (χ3n) is 16.6. The zero-order valence-electron chi connectivity index (χ0n) is 40.6. The van der Waals surface area contributed by atoms with Crippen LogP contribution in [0, 0.1) is 0 Å². The topological polar surface area (TPSA) is 662 Å². The third-order valence-corrected chi connectivity index (χ3v) is 16.6. The first kappa shape index (κ1) is 65.7. The van der Waals surface area contributed by atoms with E-state index in [9.17, 15) is 153 Å². The summed E-state index contributed by atoms with van der Waals surface area (Å²) in [4.78, 5) is 0. The molecule has 0 amide bonds. The Balaban J connectivity index is 1.98. The molecule has 6 heterocycles. The van der Waals surface area contributed by atoms with E-state index in [-0.39, 0.29) is 0 Å². The summed E-state index contributed by atoms with van der Waals surface area (Å²) >= 11 is 0. The summed E-state index contributed by atoms with van der Waals surface area (Å²) in [6.07, 6.45) is -91.1. The van der Waals surface area contributed by atoms with Gasteiger partial charge in [-0.1, -0.05) is 0 Å². The van der Waals surface area contributed by atoms with Gasteiger partial charge in [0.1, 0.15) is 183 Å². The van der Waals surface area contributed by atoms with Crippen molar-refractivity contribution in [3.05, 3.63) is 0 Å². The van der Waals surface area contributed by atoms with Crippen LogP contribution in [0.2, 0.25) is 0 Å². The van der Waals surface area contributed by atoms with Crippen LogP contribution < -0.4 is 0 Å². The van der Waals surface area contributed by atoms with Gasteiger partial charge in [-0.25, -0.2) is 0 Å². The second kappa shape index (κ2) is 24.3. The Kier molecular flexibility index (Phi) is 20.4. The lowest BCUT2D eigenvalue weighted by molar-refractivity contribution is -0.469. The van der Waals surface area contributed by atoms with Gasteiger partial charge in [-0.05, 0) is 0 Å². The van der Waals surface area contributed by atoms with Gasteiger partial charge < -0.3 is 182 Å². The van der Waals surface area contributed by atoms with Crippen molar-refractivity contribution in [1.82, 2.24) is 0 Å². The largest absolute Gasteiger partial charge is 0.394 e. The highest BCUT2D eigenvalue weighted by molar-refractivity contribution is 5.38. The Hall–Kier alpha value is -1.44. The third kappa shape index (κ3) is 9.55. The Morgan fingerprint density at radius 2 is 0.410 bits per heavy atom. The van der Waals surface area contributed by atoms with E-state index in [2.05, 4.69) is 0 Å². The van der Waals surface area contributed by atoms with E-state index < -0.39 is 257 Å². The summed E-state index contributed by atoms with van der Waals surface area (Å²) in [6, 6.07) is 0. The van der Waals surface area contributed by atoms with Gasteiger partial charge in [0.05, 0.1) is 46.2 Å². The second-order valence-electron chi connectivity index (χ2n) is 20.7. The molecule has 6 unspecified atom stereocenters. The van der Waals surface area contributed by atoms with Crippen molar-refractivity contribution in [3.8, 4) is 0 Å². The van der Waals surface area contributed by atoms with E-state index >= 15 is 0 Å². The van der Waals surface area contributed by atoms with Gasteiger partial charge in [-0.2, -0.15) is 0 Å². The summed E-state index contributed by atoms with van der Waals surface area (Å²) in [5.41, 5.74) is -26.7. The predicted molar refractivity (Wildman–Crippen MR) is 234 cm³/mol. The molecule has 36 nitrogen and oxygen atoms in total. The molecule has 0 aromatic heterocycles. The molecule has 0 bridgehead atoms. The lowest BCUT2D eigenvalue weighted by Gasteiger charge is -2.71. The van der Waals surface area contributed by atoms with Crippen molar-refractivity contribution < 1.29 is 182 Å². The fourth-order valence-electron chi connectivity index (χ4n) is 12.1. The molecule has 6 aliphatic rings. The maximum absolute atomic E-state index is 14.8. The van der Waals surface area contributed by atoms with Crippen molar-refractivity contribution in [2.45, 2.75) is 211 Å². The molecule has 78 heavy (non-hydrogen) atoms. The summed E-state index contributed by atoms with van der Waals surface area (Å²) in [5, 5.41) is 354. The molecule has 6 rings (SSSR count). The van der Waals surface area contributed by atoms with Crippen molar-refractivity contribution in [1.29, 1.82) is 0 Å². The Bertz CT molecular complexity index is 1900. The standard InChI is InChI=1S/C42H74O36/c43-1-8-14(50)20(56)26(62)32(73-8)38(68,7-49)40(70,35-29(65)23(59)17(53)11(4-46)76-35)42(72,37-31(67)25(61)19(55)13(6-48)78-37)41(71,36-30(66)24(60)18(54)12(5-47)77-36)39(69,33-27(63)21(57)15(51)9(2-44)74-33)34-28(64)22(58)16(52)10(3-45)75-34/h8-37,43-72H,1-7H2/t8-,9-,10-,11-,12-,13-,14-,15-,16-,17-,18-,19-,20+,21+,22+,23+,24+,25+,26-,27-,28-,29-,30-,31-,32?,33?,34?,35?,36?,37?,38+,39?,40-,41+,42+/m1/s1. The highest BCUT2D eigenvalue weighted by atomic mass is 16.6. The fourth-order valence-corrected chi connectivity index (χ4v) is 12.1. The highest BCUT2D eigenvalue weighted by Crippen LogP contribution is 2.61. The van der Waals surface area contributed by atoms with E-state index in [1.165, 1.54) is 0 Å². The van der Waals surface area contributed by atoms with Crippen molar-refractivity contribution in [2.24, 2.45) is 0 Å². The van der Waals surface area contributed by atoms with Crippen LogP contribution in [0.25, 0.3) is 0 Å². The SMILES string of the molecule is OC[C@H]1OC(C(O)(C2O[C@H](CO)[C@@H](O)[C@H](O)[C@H]2O)[C@@](O)(C2O[C@H](CO)[C@@H](O)[C@H](O)[C@H]2O)[C@](O)(C2O[C@H](CO)[C@@H](O)[C@H](O)[C@H]2O)[C@@](O)(C2O[C@H](CO)[C@@H](O)[C@H](O)[C@H]2O)[C@](O)(CO)C2O[C@H](CO)[C@@H](O)[C@H](O)[C@H]2O)[C@H](O)[C@@H](O)[C@@H]1O. The molecule has 0 aromatic rings. The predicted octanol–water partition coefficient (Wildman–Crippen LogP) is -20.3. The van der Waals surface area contributed by atoms with Crippen molar-refractivity contribution >= 4 is 0 Å². The number of rotatable bonds is 17. The zero-order valence-corrected chi connectivity index (χ0v) is 40.6. The fraction of sp³-hybridized carbons (Fsp3) is 1.00. The quantitative estimate of drug-likeness (QED) is 0.0643. The number of aliphatic hydroxyl groups excluding tert-OH is 25. The first-order valence-electron chi connectivity index (χ1n) is 24.3. The van der Waals surface area contributed by atoms with Crippen LogP contribution in [0.1, 0.15) is 0 Å². The van der Waals surface area contributed by atoms with Gasteiger partial charge in [0.15, 0.2) is 28.0 Å². The molecule has 36 heteroatoms. The van der Waals surface area contributed by atoms with Gasteiger partial charge in [-0.3, -0.25) is 0 Å². The molecule has 34 atom stereocenters. The van der Waals surface area contributed by atoms with E-state index in [0.717, 1.165) is 0 Å². The maximum Gasteiger partial charge on any atom is 0.162 e. The molecule has 0 saturated carbocycles. The van der Waals surface area contributed by atoms with Crippen LogP contribution in [-0.2, 0) is 28.4 Å². The van der Waals surface area contributed by atoms with Crippen LogP contribution in [-0.4, -0.2) is 411 Å². The minimum Gasteiger partial charge on any atom is -0.394 e. The number of aliphatic hydroxyl groups is 30. The molecule has 0 radical (unpaired) electrons. The van der Waals surface area contributed by atoms with Crippen LogP contribution in [0.4, 0.5) is 0 Å². The summed E-state index contributed by atoms with van der Waals surface area (Å²) in [7, 11) is 0. The second-order valence-corrected chi connectivity index (χ2v) is 20.7. The van der Waals surface area contributed by atoms with E-state index in [0.29, 0.717) is 0 Å². The van der Waals surface area contributed by atoms with Crippen LogP contribution in [0.5, 0.6) is 0 Å². The van der Waals surface area contributed by atoms with Gasteiger partial charge >= 0.3 is 0 Å². The molecular formula is C42H74O36. The molecule has 458 valence electrons. The molecule has 30 N–H and O–H groups in total. The van der Waals surface area contributed by atoms with Crippen molar-refractivity contribution in [3.63, 3.8) is 0 Å². The summed E-state index contributed by atoms with van der Waals surface area (Å²) in [6.45, 7) is -12.3. The highest BCUT2D eigenvalue weighted by Gasteiger charge is 2.89. The summed E-state index contributed by atoms with van der Waals surface area (Å²) < 4.78 is 33.8. The Morgan fingerprint density at radius 1 is 0.218 bits per heavy atom. The first-order chi connectivity index (χ1) is 36.3. The molecule has 6 fully saturated rings. The molecule has 6 aliphatic heterocycles. The maximum atomic E-state index is 14.8. The first-order valence-corrected chi connectivity index (χ1v) is 24.3. The average molecular weight is 1160 g/mol. The van der Waals surface area contributed by atoms with Crippen LogP contribution in [0.3, 0.4) is 0 Å². The van der Waals surface area contributed by atoms with Gasteiger partial charge in [0.2, 0.25) is 0 Å². The van der Waals surface area contributed by atoms with E-state index in [1.807, 2.05) is 0 Å². The zero-order chi connectivity index (χ0) is 59.0. The number of ether oxygens (including phenoxy) is 6. The lowest BCUT2D eigenvalue weighted by Crippen LogP contribution is -2.98. The minimum absolute atomic E-state index is 1.51. The molecule has 0 aliphatic carbocycles. The number of hydrogen-bond acceptors (Lipinski definition) is 36. The van der Waals surface area contributed by atoms with Crippen LogP contribution in [0.15, 0.2) is 0 Å². The van der Waals surface area contributed by atoms with Gasteiger partial charge in [0, 0.05) is 0 Å². The van der Waals surface area contributed by atoms with E-state index in [1.54, 1.807) is 0 Å². The minimum atomic E-state index is -5.68. The monoisotopic (exact) mass is 1150 g/mol. The van der Waals surface area contributed by atoms with Gasteiger partial charge in [-0.15, -0.1) is 0 Å². The van der Waals surface area contributed by atoms with Crippen molar-refractivity contribution in [2.75, 3.05) is 46.2 Å². The molecule has 6 saturated heterocycles. The van der Waals surface area contributed by atoms with Crippen LogP contribution >= 0.6 is 0 Å². The summed E-state index contributed by atoms with van der Waals surface area (Å²) in [5.74, 6) is 0. The van der Waals surface area contributed by atoms with Gasteiger partial charge in [0.25, 0.3) is 0 Å². The number of hydrogen-bond donors (Lipinski definition) is 30. The normalized spacial score (nSPS) is 51.8. The Labute approximate surface area is 438 Å². The van der Waals surface area contributed by atoms with E-state index in [4.69, 9.17) is 28.4 Å². The molecule has 0 spiro atoms. The lowest BCUT2D eigenvalue weighted by atomic mass is 9.47. The smallest absolute Gasteiger partial charge is 0.162 e. The Morgan fingerprint density at radius 3 is 0.654 bits per heavy atom. The molecular weight excluding hydrogens is 1080 g/mol.